The van der Waals surface area contributed by atoms with Crippen LogP contribution >= 0.6 is 22.6 Å². The SMILES string of the molecule is CCCCCCCCCCCCCCC1CCCc2c1[nH]c1ccc(I)cc21. The first-order valence-electron chi connectivity index (χ1n) is 12.1. The van der Waals surface area contributed by atoms with Gasteiger partial charge in [0.1, 0.15) is 0 Å². The minimum atomic E-state index is 0.775. The Kier molecular flexibility index (Phi) is 9.70. The van der Waals surface area contributed by atoms with E-state index in [1.807, 2.05) is 0 Å². The monoisotopic (exact) mass is 493 g/mol. The van der Waals surface area contributed by atoms with Gasteiger partial charge < -0.3 is 4.98 Å². The van der Waals surface area contributed by atoms with Crippen molar-refractivity contribution in [2.45, 2.75) is 116 Å². The maximum Gasteiger partial charge on any atom is 0.0459 e. The summed E-state index contributed by atoms with van der Waals surface area (Å²) in [6, 6.07) is 6.87. The average Bonchev–Trinajstić information content (AvgIpc) is 3.07. The first-order valence-corrected chi connectivity index (χ1v) is 13.2. The Bertz CT molecular complexity index is 702. The van der Waals surface area contributed by atoms with Gasteiger partial charge in [-0.2, -0.15) is 0 Å². The lowest BCUT2D eigenvalue weighted by Gasteiger charge is -2.22. The summed E-state index contributed by atoms with van der Waals surface area (Å²) >= 11 is 2.44. The zero-order valence-corrected chi connectivity index (χ0v) is 20.2. The van der Waals surface area contributed by atoms with Gasteiger partial charge in [0.15, 0.2) is 0 Å². The van der Waals surface area contributed by atoms with Gasteiger partial charge >= 0.3 is 0 Å². The lowest BCUT2D eigenvalue weighted by molar-refractivity contribution is 0.475. The quantitative estimate of drug-likeness (QED) is 0.211. The molecule has 1 aliphatic carbocycles. The number of benzene rings is 1. The lowest BCUT2D eigenvalue weighted by atomic mass is 9.83. The number of fused-ring (bicyclic) bond motifs is 3. The molecule has 3 rings (SSSR count). The average molecular weight is 494 g/mol. The van der Waals surface area contributed by atoms with Crippen molar-refractivity contribution in [1.29, 1.82) is 0 Å². The Hall–Kier alpha value is -0.510. The molecule has 0 bridgehead atoms. The van der Waals surface area contributed by atoms with Gasteiger partial charge in [-0.25, -0.2) is 0 Å². The maximum atomic E-state index is 3.78. The molecule has 1 atom stereocenters. The number of aryl methyl sites for hydroxylation is 1. The van der Waals surface area contributed by atoms with Crippen LogP contribution in [0.1, 0.15) is 120 Å². The minimum Gasteiger partial charge on any atom is -0.358 e. The summed E-state index contributed by atoms with van der Waals surface area (Å²) in [5.41, 5.74) is 4.56. The van der Waals surface area contributed by atoms with E-state index in [-0.39, 0.29) is 0 Å². The topological polar surface area (TPSA) is 15.8 Å². The summed E-state index contributed by atoms with van der Waals surface area (Å²) in [4.78, 5) is 3.78. The molecule has 0 spiro atoms. The Labute approximate surface area is 186 Å². The molecule has 1 heterocycles. The van der Waals surface area contributed by atoms with Crippen molar-refractivity contribution in [3.05, 3.63) is 33.0 Å². The molecule has 2 heteroatoms. The summed E-state index contributed by atoms with van der Waals surface area (Å²) in [6.45, 7) is 2.30. The lowest BCUT2D eigenvalue weighted by Crippen LogP contribution is -2.09. The predicted octanol–water partition coefficient (Wildman–Crippen LogP) is 9.28. The summed E-state index contributed by atoms with van der Waals surface area (Å²) in [6.07, 6.45) is 22.7. The van der Waals surface area contributed by atoms with E-state index < -0.39 is 0 Å². The fourth-order valence-corrected chi connectivity index (χ4v) is 5.54. The van der Waals surface area contributed by atoms with E-state index in [4.69, 9.17) is 0 Å². The van der Waals surface area contributed by atoms with Gasteiger partial charge in [0.2, 0.25) is 0 Å². The number of hydrogen-bond donors (Lipinski definition) is 1. The third-order valence-electron chi connectivity index (χ3n) is 6.69. The minimum absolute atomic E-state index is 0.775. The molecule has 0 fully saturated rings. The second-order valence-corrected chi connectivity index (χ2v) is 10.2. The third-order valence-corrected chi connectivity index (χ3v) is 7.37. The zero-order chi connectivity index (χ0) is 19.6. The van der Waals surface area contributed by atoms with Crippen molar-refractivity contribution in [1.82, 2.24) is 4.98 Å². The van der Waals surface area contributed by atoms with E-state index in [0.717, 1.165) is 5.92 Å². The Morgan fingerprint density at radius 2 is 1.54 bits per heavy atom. The highest BCUT2D eigenvalue weighted by Crippen LogP contribution is 2.39. The van der Waals surface area contributed by atoms with Gasteiger partial charge in [-0.3, -0.25) is 0 Å². The largest absolute Gasteiger partial charge is 0.358 e. The van der Waals surface area contributed by atoms with E-state index >= 15 is 0 Å². The Morgan fingerprint density at radius 1 is 0.893 bits per heavy atom. The molecule has 0 saturated heterocycles. The van der Waals surface area contributed by atoms with Crippen LogP contribution in [-0.4, -0.2) is 4.98 Å². The summed E-state index contributed by atoms with van der Waals surface area (Å²) < 4.78 is 1.36. The fourth-order valence-electron chi connectivity index (χ4n) is 5.05. The van der Waals surface area contributed by atoms with Crippen molar-refractivity contribution >= 4 is 33.5 Å². The number of nitrogens with one attached hydrogen (secondary N) is 1. The number of aromatic nitrogens is 1. The third kappa shape index (κ3) is 6.50. The van der Waals surface area contributed by atoms with Crippen molar-refractivity contribution < 1.29 is 0 Å². The van der Waals surface area contributed by atoms with Gasteiger partial charge in [0, 0.05) is 20.2 Å². The molecule has 1 nitrogen and oxygen atoms in total. The van der Waals surface area contributed by atoms with Crippen molar-refractivity contribution in [3.8, 4) is 0 Å². The van der Waals surface area contributed by atoms with Crippen LogP contribution in [0.2, 0.25) is 0 Å². The molecular formula is C26H40IN. The highest BCUT2D eigenvalue weighted by Gasteiger charge is 2.23. The predicted molar refractivity (Wildman–Crippen MR) is 132 cm³/mol. The van der Waals surface area contributed by atoms with Crippen molar-refractivity contribution in [3.63, 3.8) is 0 Å². The number of aromatic amines is 1. The molecule has 28 heavy (non-hydrogen) atoms. The normalized spacial score (nSPS) is 16.6. The first kappa shape index (κ1) is 22.2. The second-order valence-electron chi connectivity index (χ2n) is 8.97. The van der Waals surface area contributed by atoms with Gasteiger partial charge in [-0.1, -0.05) is 84.0 Å². The van der Waals surface area contributed by atoms with E-state index in [1.54, 1.807) is 11.3 Å². The maximum absolute atomic E-state index is 3.78. The summed E-state index contributed by atoms with van der Waals surface area (Å²) in [5.74, 6) is 0.775. The molecule has 0 saturated carbocycles. The van der Waals surface area contributed by atoms with Crippen LogP contribution in [-0.2, 0) is 6.42 Å². The highest BCUT2D eigenvalue weighted by atomic mass is 127. The molecule has 2 aromatic rings. The van der Waals surface area contributed by atoms with Gasteiger partial charge in [-0.05, 0) is 78.0 Å². The molecule has 156 valence electrons. The molecule has 1 aliphatic rings. The van der Waals surface area contributed by atoms with Crippen LogP contribution in [0.25, 0.3) is 10.9 Å². The van der Waals surface area contributed by atoms with Gasteiger partial charge in [-0.15, -0.1) is 0 Å². The number of rotatable bonds is 13. The molecule has 1 aromatic carbocycles. The van der Waals surface area contributed by atoms with E-state index in [0.29, 0.717) is 0 Å². The molecule has 1 N–H and O–H groups in total. The Morgan fingerprint density at radius 3 is 2.21 bits per heavy atom. The first-order chi connectivity index (χ1) is 13.8. The van der Waals surface area contributed by atoms with E-state index in [2.05, 4.69) is 52.7 Å². The summed E-state index contributed by atoms with van der Waals surface area (Å²) in [5, 5.41) is 1.49. The van der Waals surface area contributed by atoms with Crippen LogP contribution in [0.5, 0.6) is 0 Å². The van der Waals surface area contributed by atoms with Crippen LogP contribution in [0.3, 0.4) is 0 Å². The molecule has 0 amide bonds. The van der Waals surface area contributed by atoms with Crippen LogP contribution in [0.15, 0.2) is 18.2 Å². The van der Waals surface area contributed by atoms with Crippen molar-refractivity contribution in [2.75, 3.05) is 0 Å². The van der Waals surface area contributed by atoms with Crippen molar-refractivity contribution in [2.24, 2.45) is 0 Å². The van der Waals surface area contributed by atoms with Gasteiger partial charge in [0.25, 0.3) is 0 Å². The molecule has 0 aliphatic heterocycles. The molecule has 1 aromatic heterocycles. The number of H-pyrrole nitrogens is 1. The van der Waals surface area contributed by atoms with Crippen LogP contribution in [0.4, 0.5) is 0 Å². The van der Waals surface area contributed by atoms with E-state index in [1.165, 1.54) is 117 Å². The smallest absolute Gasteiger partial charge is 0.0459 e. The van der Waals surface area contributed by atoms with Crippen LogP contribution in [0, 0.1) is 3.57 Å². The molecule has 1 unspecified atom stereocenters. The molecular weight excluding hydrogens is 453 g/mol. The van der Waals surface area contributed by atoms with Crippen LogP contribution < -0.4 is 0 Å². The zero-order valence-electron chi connectivity index (χ0n) is 18.0. The Balaban J connectivity index is 1.31. The summed E-state index contributed by atoms with van der Waals surface area (Å²) in [7, 11) is 0. The fraction of sp³-hybridized carbons (Fsp3) is 0.692. The second kappa shape index (κ2) is 12.2. The number of hydrogen-bond acceptors (Lipinski definition) is 0. The number of unbranched alkanes of at least 4 members (excludes halogenated alkanes) is 11. The van der Waals surface area contributed by atoms with E-state index in [9.17, 15) is 0 Å². The van der Waals surface area contributed by atoms with Gasteiger partial charge in [0.05, 0.1) is 0 Å². The number of halogens is 1. The highest BCUT2D eigenvalue weighted by molar-refractivity contribution is 14.1. The molecule has 0 radical (unpaired) electrons. The standard InChI is InChI=1S/C26H40IN/c1-2-3-4-5-6-7-8-9-10-11-12-13-15-21-16-14-17-23-24-20-22(27)18-19-25(24)28-26(21)23/h18-21,28H,2-17H2,1H3.